The molecule has 2 aromatic carbocycles. The van der Waals surface area contributed by atoms with Crippen molar-refractivity contribution in [3.05, 3.63) is 90.2 Å². The lowest BCUT2D eigenvalue weighted by Gasteiger charge is -2.32. The Labute approximate surface area is 241 Å². The third-order valence-electron chi connectivity index (χ3n) is 6.62. The van der Waals surface area contributed by atoms with E-state index in [0.29, 0.717) is 52.9 Å². The van der Waals surface area contributed by atoms with Gasteiger partial charge in [-0.3, -0.25) is 4.40 Å². The summed E-state index contributed by atoms with van der Waals surface area (Å²) in [6, 6.07) is 10.1. The number of benzene rings is 2. The summed E-state index contributed by atoms with van der Waals surface area (Å²) in [6.07, 6.45) is 7.69. The van der Waals surface area contributed by atoms with Gasteiger partial charge < -0.3 is 20.2 Å². The molecule has 0 aliphatic carbocycles. The molecule has 1 aliphatic heterocycles. The van der Waals surface area contributed by atoms with Crippen molar-refractivity contribution in [2.24, 2.45) is 10.7 Å². The topological polar surface area (TPSA) is 127 Å². The molecule has 3 N–H and O–H groups in total. The van der Waals surface area contributed by atoms with Crippen LogP contribution in [0.3, 0.4) is 0 Å². The zero-order valence-corrected chi connectivity index (χ0v) is 23.7. The first kappa shape index (κ1) is 28.4. The number of ether oxygens (including phenoxy) is 1. The molecule has 10 nitrogen and oxygen atoms in total. The van der Waals surface area contributed by atoms with Crippen molar-refractivity contribution in [2.45, 2.75) is 23.8 Å². The number of sulfonamides is 1. The summed E-state index contributed by atoms with van der Waals surface area (Å²) < 4.78 is 54.5. The molecule has 1 aliphatic rings. The summed E-state index contributed by atoms with van der Waals surface area (Å²) >= 11 is 6.09. The molecule has 1 fully saturated rings. The third-order valence-corrected chi connectivity index (χ3v) is 8.74. The number of halogens is 2. The van der Waals surface area contributed by atoms with E-state index in [0.717, 1.165) is 0 Å². The van der Waals surface area contributed by atoms with Crippen LogP contribution in [-0.4, -0.2) is 54.3 Å². The molecule has 214 valence electrons. The van der Waals surface area contributed by atoms with Crippen molar-refractivity contribution in [2.75, 3.05) is 20.2 Å². The van der Waals surface area contributed by atoms with Gasteiger partial charge >= 0.3 is 5.84 Å². The van der Waals surface area contributed by atoms with E-state index in [4.69, 9.17) is 26.5 Å². The van der Waals surface area contributed by atoms with Gasteiger partial charge in [0, 0.05) is 35.9 Å². The highest BCUT2D eigenvalue weighted by Gasteiger charge is 2.33. The lowest BCUT2D eigenvalue weighted by Crippen LogP contribution is -2.51. The predicted octanol–water partition coefficient (Wildman–Crippen LogP) is 4.68. The number of nitrogens with zero attached hydrogens (tertiary/aromatic N) is 4. The number of guanidine groups is 1. The van der Waals surface area contributed by atoms with Crippen molar-refractivity contribution >= 4 is 39.1 Å². The Morgan fingerprint density at radius 3 is 2.83 bits per heavy atom. The number of imidazole rings is 1. The second kappa shape index (κ2) is 11.8. The molecule has 5 rings (SSSR count). The van der Waals surface area contributed by atoms with E-state index in [1.165, 1.54) is 41.9 Å². The first-order chi connectivity index (χ1) is 19.7. The monoisotopic (exact) mass is 598 g/mol. The summed E-state index contributed by atoms with van der Waals surface area (Å²) in [4.78, 5) is 9.18. The van der Waals surface area contributed by atoms with Gasteiger partial charge in [0.25, 0.3) is 0 Å². The van der Waals surface area contributed by atoms with Gasteiger partial charge in [-0.15, -0.1) is 0 Å². The minimum Gasteiger partial charge on any atom is -0.495 e. The van der Waals surface area contributed by atoms with Crippen LogP contribution in [0.1, 0.15) is 18.5 Å². The van der Waals surface area contributed by atoms with E-state index in [2.05, 4.69) is 21.9 Å². The minimum absolute atomic E-state index is 0.00387. The number of fused-ring (bicyclic) bond motifs is 1. The summed E-state index contributed by atoms with van der Waals surface area (Å²) in [7, 11) is -2.48. The van der Waals surface area contributed by atoms with E-state index in [9.17, 15) is 12.8 Å². The second-order valence-electron chi connectivity index (χ2n) is 9.30. The number of hydrogen-bond acceptors (Lipinski definition) is 6. The smallest absolute Gasteiger partial charge is 0.306 e. The number of allylic oxidation sites excluding steroid dienone is 2. The lowest BCUT2D eigenvalue weighted by molar-refractivity contribution is 0.300. The molecule has 13 heteroatoms. The Morgan fingerprint density at radius 1 is 1.32 bits per heavy atom. The highest BCUT2D eigenvalue weighted by Crippen LogP contribution is 2.32. The fourth-order valence-electron chi connectivity index (χ4n) is 4.76. The fraction of sp³-hybridized carbons (Fsp3) is 0.214. The molecule has 0 unspecified atom stereocenters. The fourth-order valence-corrected chi connectivity index (χ4v) is 6.70. The van der Waals surface area contributed by atoms with Gasteiger partial charge in [0.1, 0.15) is 34.1 Å². The SMILES string of the molecule is C=C/C=C(\N=C(/N)N[C@@H]1CCCN(S(=O)(=O)c2cc(Cl)ccc2OC)C1)c1c(-c2ccc(F)cc2)nc2occn12. The largest absolute Gasteiger partial charge is 0.495 e. The van der Waals surface area contributed by atoms with Crippen molar-refractivity contribution < 1.29 is 22.0 Å². The summed E-state index contributed by atoms with van der Waals surface area (Å²) in [5, 5.41) is 3.45. The Morgan fingerprint density at radius 2 is 2.10 bits per heavy atom. The van der Waals surface area contributed by atoms with Gasteiger partial charge in [0.2, 0.25) is 10.0 Å². The van der Waals surface area contributed by atoms with Gasteiger partial charge in [-0.1, -0.05) is 24.3 Å². The zero-order chi connectivity index (χ0) is 29.1. The number of methoxy groups -OCH3 is 1. The molecular weight excluding hydrogens is 571 g/mol. The highest BCUT2D eigenvalue weighted by atomic mass is 35.5. The second-order valence-corrected chi connectivity index (χ2v) is 11.6. The summed E-state index contributed by atoms with van der Waals surface area (Å²) in [5.41, 5.74) is 8.50. The number of rotatable bonds is 8. The van der Waals surface area contributed by atoms with E-state index >= 15 is 0 Å². The first-order valence-electron chi connectivity index (χ1n) is 12.7. The molecule has 0 amide bonds. The Bertz CT molecular complexity index is 1750. The normalized spacial score (nSPS) is 17.1. The molecule has 0 radical (unpaired) electrons. The minimum atomic E-state index is -3.89. The van der Waals surface area contributed by atoms with Gasteiger partial charge in [-0.25, -0.2) is 17.8 Å². The Hall–Kier alpha value is -4.13. The maximum atomic E-state index is 13.6. The molecule has 4 aromatic rings. The molecular formula is C28H28ClFN6O4S. The summed E-state index contributed by atoms with van der Waals surface area (Å²) in [6.45, 7) is 4.30. The highest BCUT2D eigenvalue weighted by molar-refractivity contribution is 7.89. The molecule has 1 atom stereocenters. The van der Waals surface area contributed by atoms with Crippen LogP contribution in [0.15, 0.2) is 88.0 Å². The number of hydrogen-bond donors (Lipinski definition) is 2. The maximum Gasteiger partial charge on any atom is 0.306 e. The number of oxazole rings is 1. The van der Waals surface area contributed by atoms with Crippen LogP contribution in [0.4, 0.5) is 4.39 Å². The van der Waals surface area contributed by atoms with E-state index < -0.39 is 10.0 Å². The number of aromatic nitrogens is 2. The quantitative estimate of drug-likeness (QED) is 0.171. The molecule has 0 saturated carbocycles. The lowest BCUT2D eigenvalue weighted by atomic mass is 10.1. The van der Waals surface area contributed by atoms with Gasteiger partial charge in [0.05, 0.1) is 12.8 Å². The standard InChI is InChI=1S/C28H28ClFN6O4S/c1-3-5-22(26-25(18-7-10-20(30)11-8-18)34-28-36(26)14-15-40-28)33-27(31)32-21-6-4-13-35(17-21)41(37,38)24-16-19(29)9-12-23(24)39-2/h3,5,7-12,14-16,21H,1,4,6,13,17H2,2H3,(H3,31,32,33)/b22-5-/t21-/m1/s1. The molecule has 3 heterocycles. The van der Waals surface area contributed by atoms with Gasteiger partial charge in [-0.05, 0) is 61.4 Å². The van der Waals surface area contributed by atoms with Crippen molar-refractivity contribution in [3.8, 4) is 17.0 Å². The average Bonchev–Trinajstić information content (AvgIpc) is 3.55. The van der Waals surface area contributed by atoms with Gasteiger partial charge in [-0.2, -0.15) is 9.29 Å². The van der Waals surface area contributed by atoms with Crippen molar-refractivity contribution in [1.82, 2.24) is 19.0 Å². The number of aliphatic imine (C=N–C) groups is 1. The Kier molecular flexibility index (Phi) is 8.15. The zero-order valence-electron chi connectivity index (χ0n) is 22.1. The molecule has 2 aromatic heterocycles. The van der Waals surface area contributed by atoms with Crippen LogP contribution in [-0.2, 0) is 10.0 Å². The van der Waals surface area contributed by atoms with E-state index in [-0.39, 0.29) is 35.0 Å². The first-order valence-corrected chi connectivity index (χ1v) is 14.5. The van der Waals surface area contributed by atoms with Crippen LogP contribution < -0.4 is 15.8 Å². The molecule has 0 bridgehead atoms. The van der Waals surface area contributed by atoms with Gasteiger partial charge in [0.15, 0.2) is 5.96 Å². The molecule has 1 saturated heterocycles. The molecule has 0 spiro atoms. The predicted molar refractivity (Wildman–Crippen MR) is 156 cm³/mol. The van der Waals surface area contributed by atoms with Crippen LogP contribution in [0, 0.1) is 5.82 Å². The van der Waals surface area contributed by atoms with Crippen molar-refractivity contribution in [1.29, 1.82) is 0 Å². The number of piperidine rings is 1. The average molecular weight is 599 g/mol. The van der Waals surface area contributed by atoms with Crippen LogP contribution in [0.25, 0.3) is 22.8 Å². The molecule has 41 heavy (non-hydrogen) atoms. The van der Waals surface area contributed by atoms with Crippen LogP contribution in [0.5, 0.6) is 5.75 Å². The Balaban J connectivity index is 1.42. The van der Waals surface area contributed by atoms with Crippen LogP contribution in [0.2, 0.25) is 5.02 Å². The number of nitrogens with two attached hydrogens (primary N) is 1. The maximum absolute atomic E-state index is 13.6. The van der Waals surface area contributed by atoms with Crippen LogP contribution >= 0.6 is 11.6 Å². The summed E-state index contributed by atoms with van der Waals surface area (Å²) in [5.74, 6) is 0.240. The number of nitrogens with one attached hydrogen (secondary N) is 1. The third kappa shape index (κ3) is 5.85. The van der Waals surface area contributed by atoms with Crippen molar-refractivity contribution in [3.63, 3.8) is 0 Å². The van der Waals surface area contributed by atoms with E-state index in [1.54, 1.807) is 40.9 Å². The van der Waals surface area contributed by atoms with E-state index in [1.807, 2.05) is 0 Å².